The van der Waals surface area contributed by atoms with Crippen LogP contribution in [0.4, 0.5) is 5.82 Å². The number of nitrogens with one attached hydrogen (secondary N) is 2. The van der Waals surface area contributed by atoms with E-state index in [-0.39, 0.29) is 10.9 Å². The number of thiazole rings is 1. The van der Waals surface area contributed by atoms with Crippen molar-refractivity contribution >= 4 is 40.3 Å². The lowest BCUT2D eigenvalue weighted by atomic mass is 10.3. The van der Waals surface area contributed by atoms with E-state index in [0.717, 1.165) is 5.01 Å². The molecular weight excluding hydrogens is 258 g/mol. The van der Waals surface area contributed by atoms with Crippen LogP contribution in [0.15, 0.2) is 11.6 Å². The molecule has 6 nitrogen and oxygen atoms in total. The fourth-order valence-electron chi connectivity index (χ4n) is 1.21. The van der Waals surface area contributed by atoms with Gasteiger partial charge >= 0.3 is 0 Å². The summed E-state index contributed by atoms with van der Waals surface area (Å²) >= 11 is 6.24. The Morgan fingerprint density at radius 3 is 3.00 bits per heavy atom. The molecule has 2 aromatic heterocycles. The number of carbonyl (C=O) groups excluding carboxylic acids is 1. The number of aromatic nitrogens is 3. The highest BCUT2D eigenvalue weighted by Gasteiger charge is 2.14. The number of anilines is 1. The van der Waals surface area contributed by atoms with Gasteiger partial charge in [-0.15, -0.1) is 11.3 Å². The number of nitrogens with two attached hydrogens (primary N) is 1. The molecule has 1 amide bonds. The van der Waals surface area contributed by atoms with E-state index in [1.807, 2.05) is 6.92 Å². The molecule has 17 heavy (non-hydrogen) atoms. The van der Waals surface area contributed by atoms with Crippen molar-refractivity contribution in [3.8, 4) is 0 Å². The number of hydrogen-bond acceptors (Lipinski definition) is 5. The minimum Gasteiger partial charge on any atom is -0.389 e. The van der Waals surface area contributed by atoms with Crippen molar-refractivity contribution in [3.05, 3.63) is 27.8 Å². The molecule has 0 radical (unpaired) electrons. The Hall–Kier alpha value is -1.80. The molecule has 0 atom stereocenters. The first-order valence-corrected chi connectivity index (χ1v) is 5.93. The topological polar surface area (TPSA) is 96.7 Å². The van der Waals surface area contributed by atoms with E-state index in [1.54, 1.807) is 5.38 Å². The van der Waals surface area contributed by atoms with E-state index >= 15 is 0 Å². The van der Waals surface area contributed by atoms with Gasteiger partial charge in [0.25, 0.3) is 5.91 Å². The number of thiocarbonyl (C=S) groups is 1. The van der Waals surface area contributed by atoms with Crippen LogP contribution in [-0.4, -0.2) is 26.1 Å². The number of H-pyrrole nitrogens is 1. The molecule has 0 aromatic carbocycles. The van der Waals surface area contributed by atoms with Crippen molar-refractivity contribution < 1.29 is 4.79 Å². The van der Waals surface area contributed by atoms with Crippen molar-refractivity contribution in [1.29, 1.82) is 0 Å². The third kappa shape index (κ3) is 2.48. The zero-order chi connectivity index (χ0) is 12.4. The van der Waals surface area contributed by atoms with Gasteiger partial charge in [-0.05, 0) is 6.92 Å². The predicted octanol–water partition coefficient (Wildman–Crippen LogP) is 1.06. The average molecular weight is 267 g/mol. The Labute approximate surface area is 106 Å². The summed E-state index contributed by atoms with van der Waals surface area (Å²) < 4.78 is 0. The van der Waals surface area contributed by atoms with E-state index in [2.05, 4.69) is 20.5 Å². The number of nitrogens with zero attached hydrogens (tertiary/aromatic N) is 2. The molecule has 2 rings (SSSR count). The highest BCUT2D eigenvalue weighted by molar-refractivity contribution is 7.80. The lowest BCUT2D eigenvalue weighted by Crippen LogP contribution is -2.17. The first-order chi connectivity index (χ1) is 8.08. The van der Waals surface area contributed by atoms with Crippen molar-refractivity contribution in [1.82, 2.24) is 15.2 Å². The third-order valence-electron chi connectivity index (χ3n) is 1.99. The molecule has 0 unspecified atom stereocenters. The van der Waals surface area contributed by atoms with Crippen LogP contribution in [-0.2, 0) is 0 Å². The predicted molar refractivity (Wildman–Crippen MR) is 69.3 cm³/mol. The summed E-state index contributed by atoms with van der Waals surface area (Å²) in [5, 5.41) is 11.5. The van der Waals surface area contributed by atoms with Gasteiger partial charge in [0.05, 0.1) is 16.8 Å². The molecule has 0 spiro atoms. The summed E-state index contributed by atoms with van der Waals surface area (Å²) in [7, 11) is 0. The van der Waals surface area contributed by atoms with Crippen LogP contribution in [0.25, 0.3) is 0 Å². The van der Waals surface area contributed by atoms with Crippen LogP contribution in [0.2, 0.25) is 0 Å². The number of rotatable bonds is 3. The van der Waals surface area contributed by atoms with Gasteiger partial charge in [0.2, 0.25) is 0 Å². The normalized spacial score (nSPS) is 10.2. The molecule has 0 bridgehead atoms. The third-order valence-corrected chi connectivity index (χ3v) is 2.99. The fraction of sp³-hybridized carbons (Fsp3) is 0.111. The van der Waals surface area contributed by atoms with Crippen molar-refractivity contribution in [2.45, 2.75) is 6.92 Å². The highest BCUT2D eigenvalue weighted by Crippen LogP contribution is 2.13. The summed E-state index contributed by atoms with van der Waals surface area (Å²) in [6.07, 6.45) is 1.46. The maximum atomic E-state index is 11.8. The SMILES string of the molecule is Cc1nc(C(=O)Nc2[nH]ncc2C(N)=S)cs1. The largest absolute Gasteiger partial charge is 0.389 e. The van der Waals surface area contributed by atoms with Crippen molar-refractivity contribution in [2.24, 2.45) is 5.73 Å². The number of aromatic amines is 1. The quantitative estimate of drug-likeness (QED) is 0.723. The molecule has 2 aromatic rings. The van der Waals surface area contributed by atoms with E-state index in [0.29, 0.717) is 17.1 Å². The van der Waals surface area contributed by atoms with Gasteiger partial charge in [-0.2, -0.15) is 5.10 Å². The van der Waals surface area contributed by atoms with Crippen LogP contribution < -0.4 is 11.1 Å². The number of carbonyl (C=O) groups is 1. The lowest BCUT2D eigenvalue weighted by Gasteiger charge is -2.02. The molecule has 0 saturated heterocycles. The fourth-order valence-corrected chi connectivity index (χ4v) is 1.96. The van der Waals surface area contributed by atoms with Gasteiger partial charge in [0.15, 0.2) is 0 Å². The first kappa shape index (κ1) is 11.7. The summed E-state index contributed by atoms with van der Waals surface area (Å²) in [4.78, 5) is 16.0. The second-order valence-corrected chi connectivity index (χ2v) is 4.73. The van der Waals surface area contributed by atoms with E-state index < -0.39 is 0 Å². The Morgan fingerprint density at radius 1 is 1.65 bits per heavy atom. The maximum absolute atomic E-state index is 11.8. The Bertz CT molecular complexity index is 573. The lowest BCUT2D eigenvalue weighted by molar-refractivity contribution is 0.102. The molecule has 0 fully saturated rings. The van der Waals surface area contributed by atoms with Crippen LogP contribution in [0.3, 0.4) is 0 Å². The second kappa shape index (κ2) is 4.60. The van der Waals surface area contributed by atoms with Gasteiger partial charge in [-0.1, -0.05) is 12.2 Å². The van der Waals surface area contributed by atoms with Gasteiger partial charge < -0.3 is 11.1 Å². The summed E-state index contributed by atoms with van der Waals surface area (Å²) in [5.74, 6) is 0.0595. The minimum atomic E-state index is -0.323. The van der Waals surface area contributed by atoms with Crippen molar-refractivity contribution in [2.75, 3.05) is 5.32 Å². The first-order valence-electron chi connectivity index (χ1n) is 4.64. The zero-order valence-corrected chi connectivity index (χ0v) is 10.5. The van der Waals surface area contributed by atoms with Crippen LogP contribution in [0.5, 0.6) is 0 Å². The summed E-state index contributed by atoms with van der Waals surface area (Å²) in [6.45, 7) is 1.83. The molecule has 0 aliphatic carbocycles. The summed E-state index contributed by atoms with van der Waals surface area (Å²) in [5.41, 5.74) is 6.34. The molecule has 8 heteroatoms. The van der Waals surface area contributed by atoms with E-state index in [4.69, 9.17) is 18.0 Å². The molecule has 2 heterocycles. The molecule has 88 valence electrons. The summed E-state index contributed by atoms with van der Waals surface area (Å²) in [6, 6.07) is 0. The molecule has 4 N–H and O–H groups in total. The Morgan fingerprint density at radius 2 is 2.41 bits per heavy atom. The molecular formula is C9H9N5OS2. The van der Waals surface area contributed by atoms with Gasteiger partial charge in [-0.25, -0.2) is 4.98 Å². The monoisotopic (exact) mass is 267 g/mol. The van der Waals surface area contributed by atoms with Crippen LogP contribution in [0, 0.1) is 6.92 Å². The molecule has 0 aliphatic rings. The zero-order valence-electron chi connectivity index (χ0n) is 8.85. The number of aryl methyl sites for hydroxylation is 1. The van der Waals surface area contributed by atoms with Gasteiger partial charge in [0, 0.05) is 5.38 Å². The van der Waals surface area contributed by atoms with Crippen LogP contribution in [0.1, 0.15) is 21.1 Å². The highest BCUT2D eigenvalue weighted by atomic mass is 32.1. The Balaban J connectivity index is 2.18. The van der Waals surface area contributed by atoms with Crippen molar-refractivity contribution in [3.63, 3.8) is 0 Å². The number of hydrogen-bond donors (Lipinski definition) is 3. The average Bonchev–Trinajstić information content (AvgIpc) is 2.86. The minimum absolute atomic E-state index is 0.170. The standard InChI is InChI=1S/C9H9N5OS2/c1-4-12-6(3-17-4)9(15)13-8-5(7(10)16)2-11-14-8/h2-3H,1H3,(H2,10,16)(H2,11,13,14,15). The van der Waals surface area contributed by atoms with Gasteiger partial charge in [0.1, 0.15) is 16.5 Å². The molecule has 0 saturated carbocycles. The second-order valence-electron chi connectivity index (χ2n) is 3.23. The van der Waals surface area contributed by atoms with E-state index in [9.17, 15) is 4.79 Å². The van der Waals surface area contributed by atoms with Crippen LogP contribution >= 0.6 is 23.6 Å². The molecule has 0 aliphatic heterocycles. The van der Waals surface area contributed by atoms with Gasteiger partial charge in [-0.3, -0.25) is 9.89 Å². The maximum Gasteiger partial charge on any atom is 0.276 e. The Kier molecular flexibility index (Phi) is 3.16. The van der Waals surface area contributed by atoms with E-state index in [1.165, 1.54) is 17.5 Å². The smallest absolute Gasteiger partial charge is 0.276 e. The number of amides is 1.